The molecule has 1 fully saturated rings. The second kappa shape index (κ2) is 8.05. The summed E-state index contributed by atoms with van der Waals surface area (Å²) in [5, 5.41) is 0.474. The van der Waals surface area contributed by atoms with Crippen molar-refractivity contribution in [3.05, 3.63) is 39.2 Å². The Kier molecular flexibility index (Phi) is 5.98. The summed E-state index contributed by atoms with van der Waals surface area (Å²) in [6.07, 6.45) is 4.26. The maximum atomic E-state index is 14.5. The Hall–Kier alpha value is -1.46. The van der Waals surface area contributed by atoms with Gasteiger partial charge in [-0.05, 0) is 50.8 Å². The number of rotatable bonds is 5. The topological polar surface area (TPSA) is 38.1 Å². The van der Waals surface area contributed by atoms with E-state index in [2.05, 4.69) is 23.7 Å². The molecule has 3 rings (SSSR count). The molecule has 4 nitrogen and oxygen atoms in total. The smallest absolute Gasteiger partial charge is 0.261 e. The number of likely N-dealkylation sites (tertiary alicyclic amines) is 1. The van der Waals surface area contributed by atoms with E-state index in [0.717, 1.165) is 32.4 Å². The highest BCUT2D eigenvalue weighted by atomic mass is 35.5. The van der Waals surface area contributed by atoms with Gasteiger partial charge in [0.05, 0.1) is 11.4 Å². The summed E-state index contributed by atoms with van der Waals surface area (Å²) >= 11 is 5.96. The van der Waals surface area contributed by atoms with Gasteiger partial charge in [0.2, 0.25) is 0 Å². The minimum absolute atomic E-state index is 0.0369. The molecule has 1 aliphatic rings. The van der Waals surface area contributed by atoms with Crippen LogP contribution in [0.3, 0.4) is 0 Å². The van der Waals surface area contributed by atoms with Crippen molar-refractivity contribution in [1.29, 1.82) is 0 Å². The van der Waals surface area contributed by atoms with Crippen molar-refractivity contribution < 1.29 is 4.39 Å². The molecule has 0 radical (unpaired) electrons. The molecule has 1 saturated heterocycles. The molecule has 2 heterocycles. The summed E-state index contributed by atoms with van der Waals surface area (Å²) in [7, 11) is 0. The zero-order valence-electron chi connectivity index (χ0n) is 15.8. The van der Waals surface area contributed by atoms with Gasteiger partial charge in [-0.25, -0.2) is 9.37 Å². The van der Waals surface area contributed by atoms with Crippen LogP contribution in [-0.2, 0) is 6.54 Å². The molecule has 6 heteroatoms. The van der Waals surface area contributed by atoms with E-state index in [1.165, 1.54) is 18.6 Å². The van der Waals surface area contributed by atoms with Crippen LogP contribution in [0.25, 0.3) is 10.9 Å². The van der Waals surface area contributed by atoms with E-state index in [4.69, 9.17) is 11.6 Å². The molecule has 0 amide bonds. The quantitative estimate of drug-likeness (QED) is 0.750. The lowest BCUT2D eigenvalue weighted by Gasteiger charge is -2.37. The van der Waals surface area contributed by atoms with Gasteiger partial charge in [-0.15, -0.1) is 0 Å². The molecule has 2 aromatic rings. The van der Waals surface area contributed by atoms with Crippen molar-refractivity contribution in [2.75, 3.05) is 13.1 Å². The van der Waals surface area contributed by atoms with Crippen molar-refractivity contribution in [3.8, 4) is 0 Å². The van der Waals surface area contributed by atoms with E-state index >= 15 is 0 Å². The standard InChI is InChI=1S/C20H27ClFN3O/c1-4-7-17(24-9-6-8-13(3)12-24)19-23-18-15(20(26)25(19)5-2)10-14(21)11-16(18)22/h10-11,13,17H,4-9,12H2,1-3H3/t13-,17-/m1/s1. The Morgan fingerprint density at radius 1 is 1.38 bits per heavy atom. The molecule has 0 bridgehead atoms. The van der Waals surface area contributed by atoms with Crippen molar-refractivity contribution >= 4 is 22.5 Å². The van der Waals surface area contributed by atoms with Gasteiger partial charge >= 0.3 is 0 Å². The lowest BCUT2D eigenvalue weighted by Crippen LogP contribution is -2.40. The van der Waals surface area contributed by atoms with Crippen LogP contribution in [0.2, 0.25) is 5.02 Å². The van der Waals surface area contributed by atoms with Crippen LogP contribution in [-0.4, -0.2) is 27.5 Å². The molecule has 1 aromatic carbocycles. The largest absolute Gasteiger partial charge is 0.295 e. The first-order chi connectivity index (χ1) is 12.5. The zero-order valence-corrected chi connectivity index (χ0v) is 16.5. The van der Waals surface area contributed by atoms with Crippen molar-refractivity contribution in [1.82, 2.24) is 14.5 Å². The van der Waals surface area contributed by atoms with Crippen LogP contribution in [0, 0.1) is 11.7 Å². The number of fused-ring (bicyclic) bond motifs is 1. The Balaban J connectivity index is 2.18. The lowest BCUT2D eigenvalue weighted by molar-refractivity contribution is 0.114. The van der Waals surface area contributed by atoms with Crippen LogP contribution in [0.15, 0.2) is 16.9 Å². The average molecular weight is 380 g/mol. The maximum absolute atomic E-state index is 14.5. The number of aromatic nitrogens is 2. The molecular formula is C20H27ClFN3O. The van der Waals surface area contributed by atoms with E-state index < -0.39 is 5.82 Å². The van der Waals surface area contributed by atoms with Crippen LogP contribution < -0.4 is 5.56 Å². The average Bonchev–Trinajstić information content (AvgIpc) is 2.60. The summed E-state index contributed by atoms with van der Waals surface area (Å²) in [6.45, 7) is 8.82. The van der Waals surface area contributed by atoms with Crippen molar-refractivity contribution in [3.63, 3.8) is 0 Å². The SMILES string of the molecule is CCC[C@H](c1nc2c(F)cc(Cl)cc2c(=O)n1CC)N1CCC[C@@H](C)C1. The second-order valence-electron chi connectivity index (χ2n) is 7.35. The third-order valence-corrected chi connectivity index (χ3v) is 5.53. The van der Waals surface area contributed by atoms with E-state index in [0.29, 0.717) is 18.3 Å². The van der Waals surface area contributed by atoms with Crippen LogP contribution >= 0.6 is 11.6 Å². The van der Waals surface area contributed by atoms with Crippen LogP contribution in [0.5, 0.6) is 0 Å². The first-order valence-electron chi connectivity index (χ1n) is 9.59. The maximum Gasteiger partial charge on any atom is 0.261 e. The summed E-state index contributed by atoms with van der Waals surface area (Å²) in [6, 6.07) is 2.78. The molecule has 0 aliphatic carbocycles. The molecular weight excluding hydrogens is 353 g/mol. The number of benzene rings is 1. The molecule has 1 aliphatic heterocycles. The minimum Gasteiger partial charge on any atom is -0.295 e. The molecule has 0 spiro atoms. The van der Waals surface area contributed by atoms with Gasteiger partial charge in [0, 0.05) is 18.1 Å². The lowest BCUT2D eigenvalue weighted by atomic mass is 9.97. The number of halogens is 2. The number of piperidine rings is 1. The molecule has 1 aromatic heterocycles. The van der Waals surface area contributed by atoms with E-state index in [9.17, 15) is 9.18 Å². The number of hydrogen-bond acceptors (Lipinski definition) is 3. The zero-order chi connectivity index (χ0) is 18.8. The van der Waals surface area contributed by atoms with Gasteiger partial charge in [0.15, 0.2) is 5.82 Å². The Labute approximate surface area is 159 Å². The third-order valence-electron chi connectivity index (χ3n) is 5.31. The molecule has 142 valence electrons. The summed E-state index contributed by atoms with van der Waals surface area (Å²) in [5.74, 6) is 0.777. The van der Waals surface area contributed by atoms with Gasteiger partial charge in [0.1, 0.15) is 11.3 Å². The fourth-order valence-electron chi connectivity index (χ4n) is 4.08. The Bertz CT molecular complexity index is 851. The fraction of sp³-hybridized carbons (Fsp3) is 0.600. The van der Waals surface area contributed by atoms with Crippen molar-refractivity contribution in [2.24, 2.45) is 5.92 Å². The van der Waals surface area contributed by atoms with Gasteiger partial charge in [-0.1, -0.05) is 31.9 Å². The molecule has 0 saturated carbocycles. The van der Waals surface area contributed by atoms with Crippen molar-refractivity contribution in [2.45, 2.75) is 59.0 Å². The summed E-state index contributed by atoms with van der Waals surface area (Å²) in [5.41, 5.74) is -0.0784. The first-order valence-corrected chi connectivity index (χ1v) is 9.97. The summed E-state index contributed by atoms with van der Waals surface area (Å²) < 4.78 is 16.2. The molecule has 0 unspecified atom stereocenters. The van der Waals surface area contributed by atoms with Crippen LogP contribution in [0.4, 0.5) is 4.39 Å². The van der Waals surface area contributed by atoms with Gasteiger partial charge < -0.3 is 0 Å². The highest BCUT2D eigenvalue weighted by Gasteiger charge is 2.28. The normalized spacial score (nSPS) is 19.8. The van der Waals surface area contributed by atoms with E-state index in [1.807, 2.05) is 6.92 Å². The first kappa shape index (κ1) is 19.3. The number of nitrogens with zero attached hydrogens (tertiary/aromatic N) is 3. The Morgan fingerprint density at radius 2 is 2.15 bits per heavy atom. The summed E-state index contributed by atoms with van der Waals surface area (Å²) in [4.78, 5) is 20.1. The van der Waals surface area contributed by atoms with Crippen LogP contribution in [0.1, 0.15) is 58.3 Å². The third kappa shape index (κ3) is 3.65. The molecule has 2 atom stereocenters. The monoisotopic (exact) mass is 379 g/mol. The van der Waals surface area contributed by atoms with Gasteiger partial charge in [-0.2, -0.15) is 0 Å². The predicted molar refractivity (Wildman–Crippen MR) is 104 cm³/mol. The number of hydrogen-bond donors (Lipinski definition) is 0. The molecule has 0 N–H and O–H groups in total. The fourth-order valence-corrected chi connectivity index (χ4v) is 4.29. The molecule has 26 heavy (non-hydrogen) atoms. The van der Waals surface area contributed by atoms with E-state index in [1.54, 1.807) is 4.57 Å². The van der Waals surface area contributed by atoms with Gasteiger partial charge in [-0.3, -0.25) is 14.3 Å². The Morgan fingerprint density at radius 3 is 2.81 bits per heavy atom. The minimum atomic E-state index is -0.531. The van der Waals surface area contributed by atoms with E-state index in [-0.39, 0.29) is 27.5 Å². The highest BCUT2D eigenvalue weighted by Crippen LogP contribution is 2.30. The second-order valence-corrected chi connectivity index (χ2v) is 7.79. The van der Waals surface area contributed by atoms with Gasteiger partial charge in [0.25, 0.3) is 5.56 Å². The predicted octanol–water partition coefficient (Wildman–Crippen LogP) is 4.78. The highest BCUT2D eigenvalue weighted by molar-refractivity contribution is 6.31.